The monoisotopic (exact) mass is 305 g/mol. The van der Waals surface area contributed by atoms with E-state index in [1.165, 1.54) is 25.7 Å². The van der Waals surface area contributed by atoms with E-state index in [4.69, 9.17) is 4.52 Å². The van der Waals surface area contributed by atoms with Crippen molar-refractivity contribution in [3.05, 3.63) is 11.7 Å². The second kappa shape index (κ2) is 6.26. The first-order valence-corrected chi connectivity index (χ1v) is 8.40. The van der Waals surface area contributed by atoms with Crippen LogP contribution in [0.1, 0.15) is 57.2 Å². The van der Waals surface area contributed by atoms with E-state index >= 15 is 0 Å². The van der Waals surface area contributed by atoms with Crippen molar-refractivity contribution < 1.29 is 4.52 Å². The second-order valence-corrected chi connectivity index (χ2v) is 6.95. The molecule has 3 rings (SSSR count). The van der Waals surface area contributed by atoms with E-state index in [2.05, 4.69) is 39.2 Å². The topological polar surface area (TPSA) is 66.5 Å². The number of nitrogens with zero attached hydrogens (tertiary/aromatic N) is 4. The zero-order valence-electron chi connectivity index (χ0n) is 13.9. The molecular formula is C16H27N5O. The molecule has 6 heteroatoms. The molecule has 1 aliphatic heterocycles. The van der Waals surface area contributed by atoms with Crippen molar-refractivity contribution in [3.8, 4) is 0 Å². The van der Waals surface area contributed by atoms with E-state index < -0.39 is 0 Å². The fourth-order valence-electron chi connectivity index (χ4n) is 3.42. The molecule has 0 bridgehead atoms. The number of rotatable bonds is 4. The van der Waals surface area contributed by atoms with Gasteiger partial charge in [-0.15, -0.1) is 0 Å². The molecule has 1 aliphatic carbocycles. The van der Waals surface area contributed by atoms with Crippen molar-refractivity contribution in [2.75, 3.05) is 26.7 Å². The van der Waals surface area contributed by atoms with Crippen LogP contribution in [0.2, 0.25) is 0 Å². The van der Waals surface area contributed by atoms with Gasteiger partial charge in [0.25, 0.3) is 0 Å². The Labute approximate surface area is 132 Å². The maximum absolute atomic E-state index is 5.27. The number of aromatic nitrogens is 2. The van der Waals surface area contributed by atoms with Crippen LogP contribution in [0.3, 0.4) is 0 Å². The molecular weight excluding hydrogens is 278 g/mol. The van der Waals surface area contributed by atoms with Crippen LogP contribution in [-0.2, 0) is 6.42 Å². The lowest BCUT2D eigenvalue weighted by molar-refractivity contribution is 0.151. The first-order chi connectivity index (χ1) is 10.6. The Morgan fingerprint density at radius 1 is 1.41 bits per heavy atom. The molecule has 2 aliphatic rings. The lowest BCUT2D eigenvalue weighted by atomic mass is 9.68. The average molecular weight is 305 g/mol. The lowest BCUT2D eigenvalue weighted by Gasteiger charge is -2.38. The third-order valence-electron chi connectivity index (χ3n) is 4.99. The first-order valence-electron chi connectivity index (χ1n) is 8.40. The highest BCUT2D eigenvalue weighted by Crippen LogP contribution is 2.47. The lowest BCUT2D eigenvalue weighted by Crippen LogP contribution is -2.43. The van der Waals surface area contributed by atoms with Gasteiger partial charge in [-0.05, 0) is 24.7 Å². The SMILES string of the molecule is CN=C(NCCc1nc(C(C)C)no1)N1CCC2(CCC2)C1. The van der Waals surface area contributed by atoms with Crippen molar-refractivity contribution >= 4 is 5.96 Å². The number of hydrogen-bond donors (Lipinski definition) is 1. The standard InChI is InChI=1S/C16H27N5O/c1-12(2)14-19-13(22-20-14)5-9-18-15(17-3)21-10-8-16(11-21)6-4-7-16/h12H,4-11H2,1-3H3,(H,17,18). The van der Waals surface area contributed by atoms with Gasteiger partial charge >= 0.3 is 0 Å². The van der Waals surface area contributed by atoms with Crippen LogP contribution in [0.4, 0.5) is 0 Å². The number of guanidine groups is 1. The van der Waals surface area contributed by atoms with Crippen LogP contribution in [-0.4, -0.2) is 47.7 Å². The fraction of sp³-hybridized carbons (Fsp3) is 0.812. The average Bonchev–Trinajstić information content (AvgIpc) is 3.10. The Morgan fingerprint density at radius 3 is 2.77 bits per heavy atom. The third-order valence-corrected chi connectivity index (χ3v) is 4.99. The van der Waals surface area contributed by atoms with E-state index in [0.29, 0.717) is 17.2 Å². The summed E-state index contributed by atoms with van der Waals surface area (Å²) in [7, 11) is 1.86. The molecule has 1 spiro atoms. The molecule has 122 valence electrons. The van der Waals surface area contributed by atoms with Crippen LogP contribution in [0.5, 0.6) is 0 Å². The normalized spacial score (nSPS) is 20.7. The van der Waals surface area contributed by atoms with Gasteiger partial charge < -0.3 is 14.7 Å². The first kappa shape index (κ1) is 15.3. The van der Waals surface area contributed by atoms with Crippen molar-refractivity contribution in [1.29, 1.82) is 0 Å². The molecule has 0 radical (unpaired) electrons. The molecule has 1 aromatic rings. The molecule has 0 atom stereocenters. The predicted molar refractivity (Wildman–Crippen MR) is 85.9 cm³/mol. The quantitative estimate of drug-likeness (QED) is 0.682. The highest BCUT2D eigenvalue weighted by molar-refractivity contribution is 5.80. The Bertz CT molecular complexity index is 532. The summed E-state index contributed by atoms with van der Waals surface area (Å²) in [5.74, 6) is 2.79. The van der Waals surface area contributed by atoms with E-state index in [9.17, 15) is 0 Å². The number of likely N-dealkylation sites (tertiary alicyclic amines) is 1. The van der Waals surface area contributed by atoms with E-state index in [-0.39, 0.29) is 0 Å². The van der Waals surface area contributed by atoms with Gasteiger partial charge in [-0.25, -0.2) is 0 Å². The number of aliphatic imine (C=N–C) groups is 1. The zero-order chi connectivity index (χ0) is 15.6. The van der Waals surface area contributed by atoms with Gasteiger partial charge in [-0.2, -0.15) is 4.98 Å². The smallest absolute Gasteiger partial charge is 0.228 e. The number of nitrogens with one attached hydrogen (secondary N) is 1. The maximum atomic E-state index is 5.27. The van der Waals surface area contributed by atoms with E-state index in [0.717, 1.165) is 37.8 Å². The van der Waals surface area contributed by atoms with Crippen LogP contribution in [0, 0.1) is 5.41 Å². The summed E-state index contributed by atoms with van der Waals surface area (Å²) in [6, 6.07) is 0. The van der Waals surface area contributed by atoms with Gasteiger partial charge in [0, 0.05) is 39.0 Å². The van der Waals surface area contributed by atoms with Crippen LogP contribution >= 0.6 is 0 Å². The van der Waals surface area contributed by atoms with E-state index in [1.807, 2.05) is 7.05 Å². The van der Waals surface area contributed by atoms with Crippen molar-refractivity contribution in [1.82, 2.24) is 20.4 Å². The van der Waals surface area contributed by atoms with Crippen molar-refractivity contribution in [3.63, 3.8) is 0 Å². The maximum Gasteiger partial charge on any atom is 0.228 e. The highest BCUT2D eigenvalue weighted by atomic mass is 16.5. The summed E-state index contributed by atoms with van der Waals surface area (Å²) in [4.78, 5) is 11.2. The van der Waals surface area contributed by atoms with Crippen molar-refractivity contribution in [2.24, 2.45) is 10.4 Å². The van der Waals surface area contributed by atoms with Crippen LogP contribution in [0.25, 0.3) is 0 Å². The van der Waals surface area contributed by atoms with Crippen molar-refractivity contribution in [2.45, 2.75) is 51.9 Å². The Kier molecular flexibility index (Phi) is 4.36. The summed E-state index contributed by atoms with van der Waals surface area (Å²) in [6.07, 6.45) is 6.23. The largest absolute Gasteiger partial charge is 0.356 e. The Balaban J connectivity index is 1.47. The van der Waals surface area contributed by atoms with Gasteiger partial charge in [0.2, 0.25) is 5.89 Å². The zero-order valence-corrected chi connectivity index (χ0v) is 13.9. The van der Waals surface area contributed by atoms with Crippen LogP contribution < -0.4 is 5.32 Å². The van der Waals surface area contributed by atoms with Crippen LogP contribution in [0.15, 0.2) is 9.52 Å². The van der Waals surface area contributed by atoms with Gasteiger partial charge in [0.15, 0.2) is 11.8 Å². The molecule has 22 heavy (non-hydrogen) atoms. The predicted octanol–water partition coefficient (Wildman–Crippen LogP) is 2.19. The van der Waals surface area contributed by atoms with E-state index in [1.54, 1.807) is 0 Å². The molecule has 2 heterocycles. The molecule has 1 saturated heterocycles. The Morgan fingerprint density at radius 2 is 2.23 bits per heavy atom. The molecule has 1 aromatic heterocycles. The molecule has 0 aromatic carbocycles. The minimum Gasteiger partial charge on any atom is -0.356 e. The second-order valence-electron chi connectivity index (χ2n) is 6.95. The summed E-state index contributed by atoms with van der Waals surface area (Å²) in [6.45, 7) is 7.19. The molecule has 6 nitrogen and oxygen atoms in total. The summed E-state index contributed by atoms with van der Waals surface area (Å²) < 4.78 is 5.27. The van der Waals surface area contributed by atoms with Gasteiger partial charge in [-0.3, -0.25) is 4.99 Å². The Hall–Kier alpha value is -1.59. The molecule has 2 fully saturated rings. The van der Waals surface area contributed by atoms with Gasteiger partial charge in [0.1, 0.15) is 0 Å². The third kappa shape index (κ3) is 3.10. The molecule has 0 unspecified atom stereocenters. The summed E-state index contributed by atoms with van der Waals surface area (Å²) >= 11 is 0. The van der Waals surface area contributed by atoms with Gasteiger partial charge in [-0.1, -0.05) is 25.4 Å². The summed E-state index contributed by atoms with van der Waals surface area (Å²) in [5.41, 5.74) is 0.594. The number of hydrogen-bond acceptors (Lipinski definition) is 4. The van der Waals surface area contributed by atoms with Gasteiger partial charge in [0.05, 0.1) is 0 Å². The fourth-order valence-corrected chi connectivity index (χ4v) is 3.42. The highest BCUT2D eigenvalue weighted by Gasteiger charge is 2.43. The summed E-state index contributed by atoms with van der Waals surface area (Å²) in [5, 5.41) is 7.43. The molecule has 0 amide bonds. The molecule has 1 N–H and O–H groups in total. The minimum absolute atomic E-state index is 0.307. The molecule has 1 saturated carbocycles. The minimum atomic E-state index is 0.307.